The van der Waals surface area contributed by atoms with E-state index in [4.69, 9.17) is 15.2 Å². The number of nitrogens with zero attached hydrogens (tertiary/aromatic N) is 1. The third kappa shape index (κ3) is 3.79. The normalized spacial score (nSPS) is 13.1. The van der Waals surface area contributed by atoms with Crippen LogP contribution in [0.3, 0.4) is 0 Å². The first-order valence-electron chi connectivity index (χ1n) is 10.8. The van der Waals surface area contributed by atoms with Crippen LogP contribution in [-0.2, 0) is 7.05 Å². The minimum Gasteiger partial charge on any atom is -0.506 e. The smallest absolute Gasteiger partial charge is 0.265 e. The van der Waals surface area contributed by atoms with Crippen molar-refractivity contribution in [1.82, 2.24) is 4.57 Å². The van der Waals surface area contributed by atoms with E-state index in [1.165, 1.54) is 4.57 Å². The SMILES string of the molecule is Cn1c(=O)c(C(=O)CC(Nc2cccc(N)c2)c2ccc3c(c2)OCO3)c(O)c2ccccc21. The molecule has 34 heavy (non-hydrogen) atoms. The first kappa shape index (κ1) is 21.4. The van der Waals surface area contributed by atoms with Gasteiger partial charge >= 0.3 is 0 Å². The number of hydrogen-bond donors (Lipinski definition) is 3. The zero-order valence-electron chi connectivity index (χ0n) is 18.4. The van der Waals surface area contributed by atoms with E-state index in [0.717, 1.165) is 5.56 Å². The molecule has 1 aromatic heterocycles. The number of hydrogen-bond acceptors (Lipinski definition) is 7. The number of carbonyl (C=O) groups excluding carboxylic acids is 1. The molecule has 0 bridgehead atoms. The van der Waals surface area contributed by atoms with E-state index in [1.54, 1.807) is 61.6 Å². The highest BCUT2D eigenvalue weighted by molar-refractivity contribution is 6.03. The number of ether oxygens (including phenoxy) is 2. The summed E-state index contributed by atoms with van der Waals surface area (Å²) in [6.45, 7) is 0.131. The van der Waals surface area contributed by atoms with Gasteiger partial charge in [-0.15, -0.1) is 0 Å². The van der Waals surface area contributed by atoms with Crippen LogP contribution in [-0.4, -0.2) is 22.2 Å². The van der Waals surface area contributed by atoms with E-state index in [1.807, 2.05) is 12.1 Å². The number of pyridine rings is 1. The zero-order chi connectivity index (χ0) is 23.8. The van der Waals surface area contributed by atoms with E-state index in [0.29, 0.717) is 33.8 Å². The number of Topliss-reactive ketones (excluding diaryl/α,β-unsaturated/α-hetero) is 1. The first-order chi connectivity index (χ1) is 16.4. The maximum Gasteiger partial charge on any atom is 0.265 e. The Morgan fingerprint density at radius 1 is 1.09 bits per heavy atom. The lowest BCUT2D eigenvalue weighted by Gasteiger charge is -2.21. The number of carbonyl (C=O) groups is 1. The summed E-state index contributed by atoms with van der Waals surface area (Å²) < 4.78 is 12.3. The van der Waals surface area contributed by atoms with Crippen LogP contribution in [0.4, 0.5) is 11.4 Å². The Hall–Kier alpha value is -4.46. The summed E-state index contributed by atoms with van der Waals surface area (Å²) in [6, 6.07) is 19.0. The summed E-state index contributed by atoms with van der Waals surface area (Å²) in [5.41, 5.74) is 7.74. The Kier molecular flexibility index (Phi) is 5.33. The molecular formula is C26H23N3O5. The summed E-state index contributed by atoms with van der Waals surface area (Å²) in [5.74, 6) is 0.410. The van der Waals surface area contributed by atoms with E-state index < -0.39 is 17.4 Å². The number of para-hydroxylation sites is 1. The van der Waals surface area contributed by atoms with Crippen molar-refractivity contribution in [2.45, 2.75) is 12.5 Å². The molecule has 172 valence electrons. The highest BCUT2D eigenvalue weighted by Gasteiger charge is 2.26. The molecule has 8 heteroatoms. The first-order valence-corrected chi connectivity index (χ1v) is 10.8. The highest BCUT2D eigenvalue weighted by Crippen LogP contribution is 2.37. The number of anilines is 2. The number of rotatable bonds is 6. The zero-order valence-corrected chi connectivity index (χ0v) is 18.4. The summed E-state index contributed by atoms with van der Waals surface area (Å²) in [7, 11) is 1.58. The number of nitrogens with one attached hydrogen (secondary N) is 1. The minimum absolute atomic E-state index is 0.0877. The Morgan fingerprint density at radius 3 is 2.71 bits per heavy atom. The predicted molar refractivity (Wildman–Crippen MR) is 130 cm³/mol. The fourth-order valence-electron chi connectivity index (χ4n) is 4.23. The molecule has 8 nitrogen and oxygen atoms in total. The van der Waals surface area contributed by atoms with Gasteiger partial charge < -0.3 is 30.2 Å². The Balaban J connectivity index is 1.55. The number of nitrogen functional groups attached to an aromatic ring is 1. The molecule has 1 unspecified atom stereocenters. The third-order valence-corrected chi connectivity index (χ3v) is 5.97. The molecule has 1 aliphatic heterocycles. The van der Waals surface area contributed by atoms with E-state index in [-0.39, 0.29) is 24.5 Å². The van der Waals surface area contributed by atoms with E-state index in [9.17, 15) is 14.7 Å². The highest BCUT2D eigenvalue weighted by atomic mass is 16.7. The molecule has 0 amide bonds. The topological polar surface area (TPSA) is 116 Å². The van der Waals surface area contributed by atoms with E-state index >= 15 is 0 Å². The monoisotopic (exact) mass is 457 g/mol. The van der Waals surface area contributed by atoms with Crippen molar-refractivity contribution >= 4 is 28.1 Å². The molecule has 1 aliphatic rings. The lowest BCUT2D eigenvalue weighted by molar-refractivity contribution is 0.0972. The maximum atomic E-state index is 13.5. The van der Waals surface area contributed by atoms with Crippen molar-refractivity contribution < 1.29 is 19.4 Å². The van der Waals surface area contributed by atoms with Gasteiger partial charge in [-0.1, -0.05) is 24.3 Å². The van der Waals surface area contributed by atoms with Crippen molar-refractivity contribution in [2.75, 3.05) is 17.8 Å². The lowest BCUT2D eigenvalue weighted by Crippen LogP contribution is -2.26. The molecule has 4 aromatic rings. The molecule has 0 saturated heterocycles. The second-order valence-corrected chi connectivity index (χ2v) is 8.17. The van der Waals surface area contributed by atoms with Gasteiger partial charge in [-0.25, -0.2) is 0 Å². The fraction of sp³-hybridized carbons (Fsp3) is 0.154. The van der Waals surface area contributed by atoms with Gasteiger partial charge in [0.15, 0.2) is 17.3 Å². The van der Waals surface area contributed by atoms with Crippen LogP contribution in [0.5, 0.6) is 17.2 Å². The summed E-state index contributed by atoms with van der Waals surface area (Å²) in [4.78, 5) is 26.5. The fourth-order valence-corrected chi connectivity index (χ4v) is 4.23. The third-order valence-electron chi connectivity index (χ3n) is 5.97. The number of aromatic hydroxyl groups is 1. The van der Waals surface area contributed by atoms with E-state index in [2.05, 4.69) is 5.32 Å². The van der Waals surface area contributed by atoms with Crippen LogP contribution in [0.25, 0.3) is 10.9 Å². The number of benzene rings is 3. The molecule has 0 saturated carbocycles. The van der Waals surface area contributed by atoms with Gasteiger partial charge in [0.05, 0.1) is 11.6 Å². The lowest BCUT2D eigenvalue weighted by atomic mass is 9.96. The van der Waals surface area contributed by atoms with Gasteiger partial charge in [0.1, 0.15) is 11.3 Å². The summed E-state index contributed by atoms with van der Waals surface area (Å²) in [5, 5.41) is 14.6. The average Bonchev–Trinajstić information content (AvgIpc) is 3.30. The van der Waals surface area contributed by atoms with Crippen molar-refractivity contribution in [3.8, 4) is 17.2 Å². The van der Waals surface area contributed by atoms with Crippen molar-refractivity contribution in [2.24, 2.45) is 7.05 Å². The molecule has 2 heterocycles. The molecule has 1 atom stereocenters. The molecule has 0 radical (unpaired) electrons. The quantitative estimate of drug-likeness (QED) is 0.296. The molecule has 0 aliphatic carbocycles. The van der Waals surface area contributed by atoms with Crippen LogP contribution in [0, 0.1) is 0 Å². The number of fused-ring (bicyclic) bond motifs is 2. The van der Waals surface area contributed by atoms with Gasteiger partial charge in [-0.2, -0.15) is 0 Å². The molecule has 4 N–H and O–H groups in total. The van der Waals surface area contributed by atoms with Crippen LogP contribution in [0.2, 0.25) is 0 Å². The summed E-state index contributed by atoms with van der Waals surface area (Å²) >= 11 is 0. The van der Waals surface area contributed by atoms with Crippen LogP contribution < -0.4 is 26.1 Å². The van der Waals surface area contributed by atoms with Gasteiger partial charge in [0, 0.05) is 30.2 Å². The van der Waals surface area contributed by atoms with Gasteiger partial charge in [0.2, 0.25) is 6.79 Å². The van der Waals surface area contributed by atoms with Crippen molar-refractivity contribution in [3.05, 3.63) is 88.2 Å². The standard InChI is InChI=1S/C26H23N3O5/c1-29-20-8-3-2-7-18(20)25(31)24(26(29)32)21(30)13-19(28-17-6-4-5-16(27)12-17)15-9-10-22-23(11-15)34-14-33-22/h2-12,19,28,31H,13-14,27H2,1H3. The largest absolute Gasteiger partial charge is 0.506 e. The predicted octanol–water partition coefficient (Wildman–Crippen LogP) is 3.98. The van der Waals surface area contributed by atoms with Gasteiger partial charge in [-0.3, -0.25) is 9.59 Å². The van der Waals surface area contributed by atoms with Crippen LogP contribution in [0.1, 0.15) is 28.4 Å². The molecule has 3 aromatic carbocycles. The van der Waals surface area contributed by atoms with Crippen LogP contribution >= 0.6 is 0 Å². The molecule has 0 spiro atoms. The number of aryl methyl sites for hydroxylation is 1. The number of nitrogens with two attached hydrogens (primary N) is 1. The second-order valence-electron chi connectivity index (χ2n) is 8.17. The molecule has 5 rings (SSSR count). The second kappa shape index (κ2) is 8.47. The van der Waals surface area contributed by atoms with Crippen LogP contribution in [0.15, 0.2) is 71.5 Å². The average molecular weight is 457 g/mol. The summed E-state index contributed by atoms with van der Waals surface area (Å²) in [6.07, 6.45) is -0.0877. The Morgan fingerprint density at radius 2 is 1.88 bits per heavy atom. The Bertz CT molecular complexity index is 1480. The number of aromatic nitrogens is 1. The van der Waals surface area contributed by atoms with Gasteiger partial charge in [0.25, 0.3) is 5.56 Å². The molecule has 0 fully saturated rings. The van der Waals surface area contributed by atoms with Gasteiger partial charge in [-0.05, 0) is 48.0 Å². The number of ketones is 1. The van der Waals surface area contributed by atoms with Crippen molar-refractivity contribution in [1.29, 1.82) is 0 Å². The van der Waals surface area contributed by atoms with Crippen molar-refractivity contribution in [3.63, 3.8) is 0 Å². The maximum absolute atomic E-state index is 13.5. The minimum atomic E-state index is -0.547. The molecular weight excluding hydrogens is 434 g/mol. The Labute approximate surface area is 195 Å².